The molecule has 0 atom stereocenters. The molecule has 8 nitrogen and oxygen atoms in total. The summed E-state index contributed by atoms with van der Waals surface area (Å²) >= 11 is 0. The van der Waals surface area contributed by atoms with Crippen molar-refractivity contribution in [2.75, 3.05) is 12.3 Å². The maximum Gasteiger partial charge on any atom is 0.338 e. The molecule has 0 unspecified atom stereocenters. The smallest absolute Gasteiger partial charge is 0.338 e. The molecule has 0 bridgehead atoms. The number of benzene rings is 1. The highest BCUT2D eigenvalue weighted by molar-refractivity contribution is 6.02. The number of hydrogen-bond acceptors (Lipinski definition) is 6. The molecule has 0 saturated heterocycles. The molecule has 0 fully saturated rings. The van der Waals surface area contributed by atoms with Crippen LogP contribution < -0.4 is 17.0 Å². The van der Waals surface area contributed by atoms with Crippen molar-refractivity contribution in [3.8, 4) is 0 Å². The van der Waals surface area contributed by atoms with E-state index in [0.717, 1.165) is 15.7 Å². The van der Waals surface area contributed by atoms with Crippen LogP contribution in [0.15, 0.2) is 27.8 Å². The highest BCUT2D eigenvalue weighted by atomic mass is 16.5. The summed E-state index contributed by atoms with van der Waals surface area (Å²) in [5.41, 5.74) is 6.16. The highest BCUT2D eigenvalue weighted by Gasteiger charge is 2.23. The molecule has 0 radical (unpaired) electrons. The standard InChI is InChI=1S/C19H23N3O5/c1-5-9-22-16(20)15(17(24)21(4)19(22)26)14(23)10-27-18(25)13-8-6-7-11(2)12(13)3/h6-8H,5,9-10,20H2,1-4H3. The first kappa shape index (κ1) is 20.2. The Bertz CT molecular complexity index is 1020. The fourth-order valence-electron chi connectivity index (χ4n) is 2.74. The number of nitrogen functional groups attached to an aromatic ring is 1. The van der Waals surface area contributed by atoms with Gasteiger partial charge in [0.05, 0.1) is 5.56 Å². The van der Waals surface area contributed by atoms with Crippen LogP contribution in [0, 0.1) is 13.8 Å². The predicted octanol–water partition coefficient (Wildman–Crippen LogP) is 1.20. The van der Waals surface area contributed by atoms with Crippen LogP contribution in [-0.2, 0) is 18.3 Å². The topological polar surface area (TPSA) is 113 Å². The molecule has 1 aromatic heterocycles. The normalized spacial score (nSPS) is 10.7. The van der Waals surface area contributed by atoms with Crippen LogP contribution in [0.1, 0.15) is 45.2 Å². The van der Waals surface area contributed by atoms with Gasteiger partial charge in [-0.25, -0.2) is 9.59 Å². The van der Waals surface area contributed by atoms with Crippen LogP contribution in [-0.4, -0.2) is 27.5 Å². The van der Waals surface area contributed by atoms with Gasteiger partial charge in [0.15, 0.2) is 6.61 Å². The molecule has 144 valence electrons. The summed E-state index contributed by atoms with van der Waals surface area (Å²) in [4.78, 5) is 49.3. The van der Waals surface area contributed by atoms with Crippen molar-refractivity contribution >= 4 is 17.6 Å². The van der Waals surface area contributed by atoms with Crippen molar-refractivity contribution in [1.29, 1.82) is 0 Å². The molecular weight excluding hydrogens is 350 g/mol. The van der Waals surface area contributed by atoms with E-state index in [2.05, 4.69) is 0 Å². The van der Waals surface area contributed by atoms with E-state index in [4.69, 9.17) is 10.5 Å². The van der Waals surface area contributed by atoms with Crippen molar-refractivity contribution in [2.45, 2.75) is 33.7 Å². The van der Waals surface area contributed by atoms with Gasteiger partial charge in [-0.1, -0.05) is 19.1 Å². The Morgan fingerprint density at radius 1 is 1.19 bits per heavy atom. The fourth-order valence-corrected chi connectivity index (χ4v) is 2.74. The molecule has 0 amide bonds. The van der Waals surface area contributed by atoms with Gasteiger partial charge in [0.25, 0.3) is 5.56 Å². The third-order valence-corrected chi connectivity index (χ3v) is 4.47. The van der Waals surface area contributed by atoms with E-state index in [-0.39, 0.29) is 17.9 Å². The Morgan fingerprint density at radius 2 is 1.85 bits per heavy atom. The van der Waals surface area contributed by atoms with Gasteiger partial charge in [-0.15, -0.1) is 0 Å². The lowest BCUT2D eigenvalue weighted by Gasteiger charge is -2.14. The summed E-state index contributed by atoms with van der Waals surface area (Å²) in [6.45, 7) is 5.10. The van der Waals surface area contributed by atoms with Crippen molar-refractivity contribution < 1.29 is 14.3 Å². The molecule has 1 heterocycles. The molecule has 2 rings (SSSR count). The number of aromatic nitrogens is 2. The van der Waals surface area contributed by atoms with Gasteiger partial charge in [-0.05, 0) is 37.5 Å². The first-order chi connectivity index (χ1) is 12.7. The largest absolute Gasteiger partial charge is 0.454 e. The number of rotatable bonds is 6. The van der Waals surface area contributed by atoms with Gasteiger partial charge in [-0.2, -0.15) is 0 Å². The number of aryl methyl sites for hydroxylation is 1. The number of Topliss-reactive ketones (excluding diaryl/α,β-unsaturated/α-hetero) is 1. The van der Waals surface area contributed by atoms with Crippen LogP contribution in [0.3, 0.4) is 0 Å². The minimum Gasteiger partial charge on any atom is -0.454 e. The monoisotopic (exact) mass is 373 g/mol. The lowest BCUT2D eigenvalue weighted by molar-refractivity contribution is 0.0473. The third kappa shape index (κ3) is 3.84. The lowest BCUT2D eigenvalue weighted by atomic mass is 10.0. The van der Waals surface area contributed by atoms with E-state index < -0.39 is 29.6 Å². The molecule has 0 saturated carbocycles. The lowest BCUT2D eigenvalue weighted by Crippen LogP contribution is -2.43. The van der Waals surface area contributed by atoms with Crippen molar-refractivity contribution in [3.05, 3.63) is 61.3 Å². The molecule has 8 heteroatoms. The number of carbonyl (C=O) groups excluding carboxylic acids is 2. The van der Waals surface area contributed by atoms with Crippen LogP contribution in [0.5, 0.6) is 0 Å². The minimum atomic E-state index is -0.808. The number of carbonyl (C=O) groups is 2. The summed E-state index contributed by atoms with van der Waals surface area (Å²) in [6.07, 6.45) is 0.595. The van der Waals surface area contributed by atoms with Crippen molar-refractivity contribution in [2.24, 2.45) is 7.05 Å². The first-order valence-corrected chi connectivity index (χ1v) is 8.56. The van der Waals surface area contributed by atoms with E-state index >= 15 is 0 Å². The minimum absolute atomic E-state index is 0.210. The van der Waals surface area contributed by atoms with Crippen LogP contribution in [0.2, 0.25) is 0 Å². The maximum atomic E-state index is 12.5. The van der Waals surface area contributed by atoms with E-state index in [0.29, 0.717) is 12.0 Å². The number of esters is 1. The zero-order chi connectivity index (χ0) is 20.3. The molecule has 0 aliphatic carbocycles. The average molecular weight is 373 g/mol. The van der Waals surface area contributed by atoms with E-state index in [1.165, 1.54) is 11.6 Å². The third-order valence-electron chi connectivity index (χ3n) is 4.47. The van der Waals surface area contributed by atoms with Gasteiger partial charge in [-0.3, -0.25) is 18.7 Å². The van der Waals surface area contributed by atoms with E-state index in [1.807, 2.05) is 19.9 Å². The first-order valence-electron chi connectivity index (χ1n) is 8.56. The predicted molar refractivity (Wildman–Crippen MR) is 101 cm³/mol. The fraction of sp³-hybridized carbons (Fsp3) is 0.368. The molecule has 27 heavy (non-hydrogen) atoms. The Hall–Kier alpha value is -3.16. The Balaban J connectivity index is 2.31. The van der Waals surface area contributed by atoms with E-state index in [9.17, 15) is 19.2 Å². The maximum absolute atomic E-state index is 12.5. The summed E-state index contributed by atoms with van der Waals surface area (Å²) in [5.74, 6) is -1.63. The van der Waals surface area contributed by atoms with Gasteiger partial charge in [0.1, 0.15) is 11.4 Å². The molecule has 0 aliphatic heterocycles. The van der Waals surface area contributed by atoms with Gasteiger partial charge >= 0.3 is 11.7 Å². The number of hydrogen-bond donors (Lipinski definition) is 1. The summed E-state index contributed by atoms with van der Waals surface area (Å²) in [7, 11) is 1.27. The SMILES string of the molecule is CCCn1c(N)c(C(=O)COC(=O)c2cccc(C)c2C)c(=O)n(C)c1=O. The van der Waals surface area contributed by atoms with Crippen molar-refractivity contribution in [3.63, 3.8) is 0 Å². The molecule has 0 aliphatic rings. The Kier molecular flexibility index (Phi) is 5.99. The molecular formula is C19H23N3O5. The molecule has 0 spiro atoms. The number of nitrogens with zero attached hydrogens (tertiary/aromatic N) is 2. The van der Waals surface area contributed by atoms with Crippen LogP contribution >= 0.6 is 0 Å². The summed E-state index contributed by atoms with van der Waals surface area (Å²) < 4.78 is 7.07. The number of ketones is 1. The van der Waals surface area contributed by atoms with Crippen LogP contribution in [0.25, 0.3) is 0 Å². The van der Waals surface area contributed by atoms with Gasteiger partial charge in [0.2, 0.25) is 5.78 Å². The summed E-state index contributed by atoms with van der Waals surface area (Å²) in [6, 6.07) is 5.18. The molecule has 2 aromatic rings. The zero-order valence-corrected chi connectivity index (χ0v) is 15.9. The Morgan fingerprint density at radius 3 is 2.48 bits per heavy atom. The number of ether oxygens (including phenoxy) is 1. The number of nitrogens with two attached hydrogens (primary N) is 1. The van der Waals surface area contributed by atoms with Gasteiger partial charge < -0.3 is 10.5 Å². The second-order valence-corrected chi connectivity index (χ2v) is 6.31. The highest BCUT2D eigenvalue weighted by Crippen LogP contribution is 2.14. The van der Waals surface area contributed by atoms with E-state index in [1.54, 1.807) is 19.1 Å². The zero-order valence-electron chi connectivity index (χ0n) is 15.9. The average Bonchev–Trinajstić information content (AvgIpc) is 2.64. The molecule has 1 aromatic carbocycles. The molecule has 2 N–H and O–H groups in total. The second kappa shape index (κ2) is 8.03. The summed E-state index contributed by atoms with van der Waals surface area (Å²) in [5, 5.41) is 0. The van der Waals surface area contributed by atoms with Gasteiger partial charge in [0, 0.05) is 13.6 Å². The van der Waals surface area contributed by atoms with Crippen molar-refractivity contribution in [1.82, 2.24) is 9.13 Å². The Labute approximate surface area is 156 Å². The number of anilines is 1. The van der Waals surface area contributed by atoms with Crippen LogP contribution in [0.4, 0.5) is 5.82 Å². The second-order valence-electron chi connectivity index (χ2n) is 6.31. The quantitative estimate of drug-likeness (QED) is 0.601.